The van der Waals surface area contributed by atoms with E-state index in [1.54, 1.807) is 58.3 Å². The summed E-state index contributed by atoms with van der Waals surface area (Å²) in [4.78, 5) is 43.1. The molecule has 2 saturated heterocycles. The topological polar surface area (TPSA) is 142 Å². The zero-order chi connectivity index (χ0) is 28.1. The molecule has 40 heavy (non-hydrogen) atoms. The number of nitrogens with one attached hydrogen (secondary N) is 1. The van der Waals surface area contributed by atoms with Gasteiger partial charge in [0.05, 0.1) is 0 Å². The SMILES string of the molecule is N=C(N)c1ccc2oc(C(=O)N3CCN(C(=O)COc4ccc(OCC(=O)N5CCCCC5)cc4)CC3)cc2c1. The summed E-state index contributed by atoms with van der Waals surface area (Å²) in [6.45, 7) is 3.00. The van der Waals surface area contributed by atoms with Crippen LogP contribution in [0.4, 0.5) is 0 Å². The highest BCUT2D eigenvalue weighted by Gasteiger charge is 2.27. The number of rotatable bonds is 8. The molecule has 3 N–H and O–H groups in total. The van der Waals surface area contributed by atoms with Crippen LogP contribution in [0.2, 0.25) is 0 Å². The van der Waals surface area contributed by atoms with Crippen LogP contribution in [0.5, 0.6) is 11.5 Å². The molecule has 0 saturated carbocycles. The summed E-state index contributed by atoms with van der Waals surface area (Å²) < 4.78 is 17.0. The predicted octanol–water partition coefficient (Wildman–Crippen LogP) is 2.47. The molecule has 3 aromatic rings. The summed E-state index contributed by atoms with van der Waals surface area (Å²) in [5, 5.41) is 8.28. The third kappa shape index (κ3) is 6.36. The lowest BCUT2D eigenvalue weighted by molar-refractivity contribution is -0.135. The Labute approximate surface area is 231 Å². The largest absolute Gasteiger partial charge is 0.484 e. The van der Waals surface area contributed by atoms with Crippen molar-refractivity contribution in [1.82, 2.24) is 14.7 Å². The summed E-state index contributed by atoms with van der Waals surface area (Å²) in [7, 11) is 0. The van der Waals surface area contributed by atoms with E-state index in [0.717, 1.165) is 25.9 Å². The number of amidine groups is 1. The summed E-state index contributed by atoms with van der Waals surface area (Å²) >= 11 is 0. The number of hydrogen-bond acceptors (Lipinski definition) is 7. The van der Waals surface area contributed by atoms with E-state index in [9.17, 15) is 14.4 Å². The van der Waals surface area contributed by atoms with Gasteiger partial charge in [0.2, 0.25) is 0 Å². The average Bonchev–Trinajstić information content (AvgIpc) is 3.43. The molecule has 210 valence electrons. The maximum atomic E-state index is 13.0. The number of likely N-dealkylation sites (tertiary alicyclic amines) is 1. The number of piperidine rings is 1. The molecule has 3 heterocycles. The number of piperazine rings is 1. The van der Waals surface area contributed by atoms with Gasteiger partial charge in [-0.05, 0) is 67.8 Å². The van der Waals surface area contributed by atoms with Gasteiger partial charge in [-0.2, -0.15) is 0 Å². The highest BCUT2D eigenvalue weighted by molar-refractivity contribution is 6.00. The molecule has 0 unspecified atom stereocenters. The van der Waals surface area contributed by atoms with Gasteiger partial charge in [0, 0.05) is 50.2 Å². The van der Waals surface area contributed by atoms with Crippen LogP contribution < -0.4 is 15.2 Å². The van der Waals surface area contributed by atoms with Gasteiger partial charge in [-0.3, -0.25) is 19.8 Å². The molecule has 2 aromatic carbocycles. The molecule has 2 aliphatic heterocycles. The number of carbonyl (C=O) groups excluding carboxylic acids is 3. The lowest BCUT2D eigenvalue weighted by Crippen LogP contribution is -2.51. The summed E-state index contributed by atoms with van der Waals surface area (Å²) in [5.41, 5.74) is 6.65. The normalized spacial score (nSPS) is 15.7. The van der Waals surface area contributed by atoms with Gasteiger partial charge >= 0.3 is 0 Å². The molecule has 0 aliphatic carbocycles. The highest BCUT2D eigenvalue weighted by atomic mass is 16.5. The summed E-state index contributed by atoms with van der Waals surface area (Å²) in [6, 6.07) is 13.6. The first-order valence-corrected chi connectivity index (χ1v) is 13.5. The molecule has 0 radical (unpaired) electrons. The maximum Gasteiger partial charge on any atom is 0.289 e. The first kappa shape index (κ1) is 27.0. The zero-order valence-corrected chi connectivity index (χ0v) is 22.3. The number of nitrogens with two attached hydrogens (primary N) is 1. The molecular weight excluding hydrogens is 514 g/mol. The first-order valence-electron chi connectivity index (χ1n) is 13.5. The van der Waals surface area contributed by atoms with Gasteiger partial charge in [-0.1, -0.05) is 0 Å². The van der Waals surface area contributed by atoms with E-state index in [4.69, 9.17) is 25.0 Å². The molecule has 11 nitrogen and oxygen atoms in total. The van der Waals surface area contributed by atoms with E-state index in [1.165, 1.54) is 6.42 Å². The number of hydrogen-bond donors (Lipinski definition) is 2. The fraction of sp³-hybridized carbons (Fsp3) is 0.379. The molecule has 11 heteroatoms. The molecule has 1 aromatic heterocycles. The third-order valence-electron chi connectivity index (χ3n) is 7.21. The second-order valence-corrected chi connectivity index (χ2v) is 9.94. The number of ether oxygens (including phenoxy) is 2. The van der Waals surface area contributed by atoms with Crippen LogP contribution in [-0.2, 0) is 9.59 Å². The Balaban J connectivity index is 1.05. The lowest BCUT2D eigenvalue weighted by atomic mass is 10.1. The van der Waals surface area contributed by atoms with Gasteiger partial charge in [-0.15, -0.1) is 0 Å². The van der Waals surface area contributed by atoms with Crippen LogP contribution in [0.3, 0.4) is 0 Å². The number of fused-ring (bicyclic) bond motifs is 1. The van der Waals surface area contributed by atoms with Crippen molar-refractivity contribution >= 4 is 34.5 Å². The minimum absolute atomic E-state index is 0.00428. The number of furan rings is 1. The van der Waals surface area contributed by atoms with Crippen molar-refractivity contribution in [2.75, 3.05) is 52.5 Å². The van der Waals surface area contributed by atoms with Crippen LogP contribution in [0.1, 0.15) is 35.4 Å². The smallest absolute Gasteiger partial charge is 0.289 e. The Morgan fingerprint density at radius 3 is 1.88 bits per heavy atom. The Hall–Kier alpha value is -4.54. The van der Waals surface area contributed by atoms with Crippen molar-refractivity contribution in [3.63, 3.8) is 0 Å². The molecule has 0 bridgehead atoms. The number of nitrogens with zero attached hydrogens (tertiary/aromatic N) is 3. The molecular formula is C29H33N5O6. The number of carbonyl (C=O) groups is 3. The van der Waals surface area contributed by atoms with E-state index < -0.39 is 0 Å². The average molecular weight is 548 g/mol. The first-order chi connectivity index (χ1) is 19.4. The fourth-order valence-corrected chi connectivity index (χ4v) is 4.88. The van der Waals surface area contributed by atoms with E-state index in [1.807, 2.05) is 4.90 Å². The van der Waals surface area contributed by atoms with Crippen molar-refractivity contribution in [1.29, 1.82) is 5.41 Å². The minimum atomic E-state index is -0.246. The molecule has 2 fully saturated rings. The minimum Gasteiger partial charge on any atom is -0.484 e. The van der Waals surface area contributed by atoms with E-state index in [0.29, 0.717) is 54.2 Å². The summed E-state index contributed by atoms with van der Waals surface area (Å²) in [5.74, 6) is 0.825. The number of nitrogen functional groups attached to an aromatic ring is 1. The van der Waals surface area contributed by atoms with Crippen LogP contribution >= 0.6 is 0 Å². The molecule has 0 atom stereocenters. The lowest BCUT2D eigenvalue weighted by Gasteiger charge is -2.34. The molecule has 0 spiro atoms. The second-order valence-electron chi connectivity index (χ2n) is 9.94. The monoisotopic (exact) mass is 547 g/mol. The van der Waals surface area contributed by atoms with Crippen molar-refractivity contribution in [3.8, 4) is 11.5 Å². The maximum absolute atomic E-state index is 13.0. The van der Waals surface area contributed by atoms with Crippen molar-refractivity contribution in [2.24, 2.45) is 5.73 Å². The second kappa shape index (κ2) is 12.1. The van der Waals surface area contributed by atoms with E-state index in [2.05, 4.69) is 0 Å². The Bertz CT molecular complexity index is 1390. The zero-order valence-electron chi connectivity index (χ0n) is 22.3. The predicted molar refractivity (Wildman–Crippen MR) is 148 cm³/mol. The quantitative estimate of drug-likeness (QED) is 0.326. The van der Waals surface area contributed by atoms with E-state index in [-0.39, 0.29) is 42.5 Å². The van der Waals surface area contributed by atoms with Gasteiger partial charge < -0.3 is 34.3 Å². The van der Waals surface area contributed by atoms with Gasteiger partial charge in [-0.25, -0.2) is 0 Å². The highest BCUT2D eigenvalue weighted by Crippen LogP contribution is 2.23. The van der Waals surface area contributed by atoms with Crippen LogP contribution in [0.15, 0.2) is 52.9 Å². The van der Waals surface area contributed by atoms with Gasteiger partial charge in [0.15, 0.2) is 19.0 Å². The molecule has 2 aliphatic rings. The standard InChI is InChI=1S/C29H33N5O6/c30-28(31)20-4-9-24-21(16-20)17-25(40-24)29(37)34-14-12-33(13-15-34)27(36)19-39-23-7-5-22(6-8-23)38-18-26(35)32-10-2-1-3-11-32/h4-9,16-17H,1-3,10-15,18-19H2,(H3,30,31). The van der Waals surface area contributed by atoms with Crippen LogP contribution in [-0.4, -0.2) is 90.7 Å². The van der Waals surface area contributed by atoms with Crippen molar-refractivity contribution < 1.29 is 28.3 Å². The Kier molecular flexibility index (Phi) is 8.18. The molecule has 3 amide bonds. The van der Waals surface area contributed by atoms with Crippen molar-refractivity contribution in [2.45, 2.75) is 19.3 Å². The Morgan fingerprint density at radius 1 is 0.750 bits per heavy atom. The van der Waals surface area contributed by atoms with Crippen LogP contribution in [0, 0.1) is 5.41 Å². The number of amides is 3. The van der Waals surface area contributed by atoms with Gasteiger partial charge in [0.1, 0.15) is 22.9 Å². The van der Waals surface area contributed by atoms with Crippen molar-refractivity contribution in [3.05, 3.63) is 59.9 Å². The molecule has 5 rings (SSSR count). The van der Waals surface area contributed by atoms with E-state index >= 15 is 0 Å². The fourth-order valence-electron chi connectivity index (χ4n) is 4.88. The third-order valence-corrected chi connectivity index (χ3v) is 7.21. The van der Waals surface area contributed by atoms with Crippen LogP contribution in [0.25, 0.3) is 11.0 Å². The number of benzene rings is 2. The van der Waals surface area contributed by atoms with Gasteiger partial charge in [0.25, 0.3) is 17.7 Å². The summed E-state index contributed by atoms with van der Waals surface area (Å²) in [6.07, 6.45) is 3.24. The Morgan fingerprint density at radius 2 is 1.30 bits per heavy atom.